The number of hydrogen-bond acceptors (Lipinski definition) is 2. The summed E-state index contributed by atoms with van der Waals surface area (Å²) in [6.07, 6.45) is 0. The van der Waals surface area contributed by atoms with Gasteiger partial charge in [-0.1, -0.05) is 18.2 Å². The normalized spacial score (nSPS) is 11.1. The third-order valence-corrected chi connectivity index (χ3v) is 2.56. The van der Waals surface area contributed by atoms with Crippen molar-refractivity contribution in [3.63, 3.8) is 0 Å². The number of carbonyl (C=O) groups excluding carboxylic acids is 1. The van der Waals surface area contributed by atoms with E-state index < -0.39 is 8.32 Å². The van der Waals surface area contributed by atoms with Crippen molar-refractivity contribution < 1.29 is 9.22 Å². The van der Waals surface area contributed by atoms with Crippen LogP contribution in [0.1, 0.15) is 15.9 Å². The van der Waals surface area contributed by atoms with Gasteiger partial charge in [0.2, 0.25) is 8.32 Å². The molecule has 76 valence electrons. The zero-order valence-electron chi connectivity index (χ0n) is 9.13. The van der Waals surface area contributed by atoms with E-state index in [-0.39, 0.29) is 5.97 Å². The monoisotopic (exact) mass is 208 g/mol. The maximum Gasteiger partial charge on any atom is 0.325 e. The molecule has 0 bridgehead atoms. The van der Waals surface area contributed by atoms with E-state index in [0.717, 1.165) is 5.56 Å². The molecule has 0 heterocycles. The molecule has 0 saturated heterocycles. The molecule has 0 aliphatic rings. The summed E-state index contributed by atoms with van der Waals surface area (Å²) >= 11 is 0. The van der Waals surface area contributed by atoms with Crippen LogP contribution >= 0.6 is 0 Å². The first-order valence-electron chi connectivity index (χ1n) is 4.69. The van der Waals surface area contributed by atoms with Crippen molar-refractivity contribution in [2.75, 3.05) is 0 Å². The minimum atomic E-state index is -1.78. The van der Waals surface area contributed by atoms with Crippen LogP contribution in [0.5, 0.6) is 0 Å². The molecule has 0 aliphatic carbocycles. The highest BCUT2D eigenvalue weighted by molar-refractivity contribution is 6.71. The Hall–Kier alpha value is -1.09. The van der Waals surface area contributed by atoms with Gasteiger partial charge in [0.25, 0.3) is 0 Å². The summed E-state index contributed by atoms with van der Waals surface area (Å²) in [5, 5.41) is 0. The fraction of sp³-hybridized carbons (Fsp3) is 0.364. The minimum absolute atomic E-state index is 0.192. The topological polar surface area (TPSA) is 26.3 Å². The largest absolute Gasteiger partial charge is 0.516 e. The van der Waals surface area contributed by atoms with Crippen molar-refractivity contribution in [3.8, 4) is 0 Å². The number of rotatable bonds is 2. The van der Waals surface area contributed by atoms with Gasteiger partial charge in [0.05, 0.1) is 5.56 Å². The second kappa shape index (κ2) is 3.96. The molecule has 0 saturated carbocycles. The van der Waals surface area contributed by atoms with Crippen LogP contribution in [0.2, 0.25) is 19.6 Å². The lowest BCUT2D eigenvalue weighted by atomic mass is 10.1. The van der Waals surface area contributed by atoms with E-state index in [0.29, 0.717) is 5.56 Å². The van der Waals surface area contributed by atoms with E-state index in [1.54, 1.807) is 6.07 Å². The summed E-state index contributed by atoms with van der Waals surface area (Å²) < 4.78 is 5.40. The van der Waals surface area contributed by atoms with Crippen molar-refractivity contribution in [1.82, 2.24) is 0 Å². The molecule has 0 spiro atoms. The zero-order valence-corrected chi connectivity index (χ0v) is 10.1. The molecule has 1 rings (SSSR count). The van der Waals surface area contributed by atoms with Gasteiger partial charge in [0.15, 0.2) is 0 Å². The Kier molecular flexibility index (Phi) is 3.11. The van der Waals surface area contributed by atoms with Gasteiger partial charge in [-0.2, -0.15) is 0 Å². The molecule has 0 radical (unpaired) electrons. The van der Waals surface area contributed by atoms with Crippen LogP contribution in [0.4, 0.5) is 0 Å². The molecule has 0 amide bonds. The fourth-order valence-electron chi connectivity index (χ4n) is 1.13. The van der Waals surface area contributed by atoms with E-state index in [4.69, 9.17) is 4.43 Å². The number of carbonyl (C=O) groups is 1. The molecule has 1 aromatic rings. The predicted octanol–water partition coefficient (Wildman–Crippen LogP) is 2.99. The Morgan fingerprint density at radius 2 is 1.79 bits per heavy atom. The van der Waals surface area contributed by atoms with Crippen molar-refractivity contribution in [2.24, 2.45) is 0 Å². The average Bonchev–Trinajstić information content (AvgIpc) is 2.01. The predicted molar refractivity (Wildman–Crippen MR) is 59.9 cm³/mol. The first kappa shape index (κ1) is 11.0. The summed E-state index contributed by atoms with van der Waals surface area (Å²) in [6, 6.07) is 7.49. The van der Waals surface area contributed by atoms with Gasteiger partial charge >= 0.3 is 5.97 Å². The molecule has 2 nitrogen and oxygen atoms in total. The van der Waals surface area contributed by atoms with Crippen molar-refractivity contribution in [2.45, 2.75) is 26.6 Å². The van der Waals surface area contributed by atoms with E-state index in [9.17, 15) is 4.79 Å². The third-order valence-electron chi connectivity index (χ3n) is 1.76. The molecular weight excluding hydrogens is 192 g/mol. The highest BCUT2D eigenvalue weighted by Crippen LogP contribution is 2.12. The quantitative estimate of drug-likeness (QED) is 0.698. The smallest absolute Gasteiger partial charge is 0.325 e. The van der Waals surface area contributed by atoms with E-state index in [1.165, 1.54) is 0 Å². The second-order valence-electron chi connectivity index (χ2n) is 4.32. The standard InChI is InChI=1S/C11H16O2Si/c1-9-7-5-6-8-10(9)11(12)13-14(2,3)4/h5-8H,1-4H3. The summed E-state index contributed by atoms with van der Waals surface area (Å²) in [5.41, 5.74) is 1.64. The molecule has 0 unspecified atom stereocenters. The SMILES string of the molecule is Cc1ccccc1C(=O)O[Si](C)(C)C. The fourth-order valence-corrected chi connectivity index (χ4v) is 1.80. The minimum Gasteiger partial charge on any atom is -0.516 e. The molecule has 0 aromatic heterocycles. The lowest BCUT2D eigenvalue weighted by Crippen LogP contribution is -2.29. The summed E-state index contributed by atoms with van der Waals surface area (Å²) in [4.78, 5) is 11.7. The average molecular weight is 208 g/mol. The van der Waals surface area contributed by atoms with Gasteiger partial charge in [0.1, 0.15) is 0 Å². The van der Waals surface area contributed by atoms with Crippen molar-refractivity contribution in [1.29, 1.82) is 0 Å². The van der Waals surface area contributed by atoms with E-state index >= 15 is 0 Å². The van der Waals surface area contributed by atoms with Crippen LogP contribution in [0.25, 0.3) is 0 Å². The first-order valence-corrected chi connectivity index (χ1v) is 8.10. The van der Waals surface area contributed by atoms with Crippen molar-refractivity contribution >= 4 is 14.3 Å². The molecule has 0 atom stereocenters. The number of aryl methyl sites for hydroxylation is 1. The van der Waals surface area contributed by atoms with Crippen LogP contribution < -0.4 is 0 Å². The van der Waals surface area contributed by atoms with Gasteiger partial charge in [-0.25, -0.2) is 4.79 Å². The maximum absolute atomic E-state index is 11.7. The van der Waals surface area contributed by atoms with Crippen LogP contribution in [0, 0.1) is 6.92 Å². The van der Waals surface area contributed by atoms with Crippen LogP contribution in [-0.4, -0.2) is 14.3 Å². The van der Waals surface area contributed by atoms with Crippen LogP contribution in [-0.2, 0) is 4.43 Å². The molecule has 0 fully saturated rings. The first-order chi connectivity index (χ1) is 6.40. The Labute approximate surface area is 86.0 Å². The second-order valence-corrected chi connectivity index (χ2v) is 8.75. The third kappa shape index (κ3) is 2.99. The van der Waals surface area contributed by atoms with Gasteiger partial charge in [-0.15, -0.1) is 0 Å². The van der Waals surface area contributed by atoms with Gasteiger partial charge < -0.3 is 4.43 Å². The summed E-state index contributed by atoms with van der Waals surface area (Å²) in [7, 11) is -1.78. The molecule has 1 aromatic carbocycles. The zero-order chi connectivity index (χ0) is 10.8. The van der Waals surface area contributed by atoms with Crippen LogP contribution in [0.15, 0.2) is 24.3 Å². The van der Waals surface area contributed by atoms with E-state index in [1.807, 2.05) is 44.8 Å². The van der Waals surface area contributed by atoms with Gasteiger partial charge in [-0.3, -0.25) is 0 Å². The van der Waals surface area contributed by atoms with Gasteiger partial charge in [0, 0.05) is 0 Å². The number of hydrogen-bond donors (Lipinski definition) is 0. The van der Waals surface area contributed by atoms with Crippen molar-refractivity contribution in [3.05, 3.63) is 35.4 Å². The highest BCUT2D eigenvalue weighted by atomic mass is 28.4. The Bertz CT molecular complexity index is 339. The summed E-state index contributed by atoms with van der Waals surface area (Å²) in [6.45, 7) is 7.93. The molecule has 3 heteroatoms. The maximum atomic E-state index is 11.7. The highest BCUT2D eigenvalue weighted by Gasteiger charge is 2.21. The van der Waals surface area contributed by atoms with Crippen LogP contribution in [0.3, 0.4) is 0 Å². The molecule has 14 heavy (non-hydrogen) atoms. The lowest BCUT2D eigenvalue weighted by molar-refractivity contribution is 0.0724. The van der Waals surface area contributed by atoms with Gasteiger partial charge in [-0.05, 0) is 38.2 Å². The summed E-state index contributed by atoms with van der Waals surface area (Å²) in [5.74, 6) is -0.192. The molecular formula is C11H16O2Si. The molecule has 0 N–H and O–H groups in total. The Balaban J connectivity index is 2.86. The van der Waals surface area contributed by atoms with E-state index in [2.05, 4.69) is 0 Å². The Morgan fingerprint density at radius 1 is 1.21 bits per heavy atom. The molecule has 0 aliphatic heterocycles. The lowest BCUT2D eigenvalue weighted by Gasteiger charge is -2.17. The Morgan fingerprint density at radius 3 is 2.29 bits per heavy atom. The number of benzene rings is 1.